The summed E-state index contributed by atoms with van der Waals surface area (Å²) in [7, 11) is 0. The van der Waals surface area contributed by atoms with Gasteiger partial charge in [-0.3, -0.25) is 4.90 Å². The van der Waals surface area contributed by atoms with Crippen LogP contribution in [0.2, 0.25) is 0 Å². The number of allylic oxidation sites excluding steroid dienone is 2. The maximum Gasteiger partial charge on any atom is 0.193 e. The SMILES string of the molecule is N#CC1=CC=C(Oc2ccc3c(c2)nc2n3CCN(C3CCC3)CC2)NC1. The lowest BCUT2D eigenvalue weighted by atomic mass is 9.91. The summed E-state index contributed by atoms with van der Waals surface area (Å²) in [6.45, 7) is 3.74. The van der Waals surface area contributed by atoms with Crippen molar-refractivity contribution in [2.75, 3.05) is 19.6 Å². The second-order valence-corrected chi connectivity index (χ2v) is 7.49. The summed E-state index contributed by atoms with van der Waals surface area (Å²) in [5.74, 6) is 2.60. The van der Waals surface area contributed by atoms with Crippen LogP contribution in [0, 0.1) is 11.3 Å². The topological polar surface area (TPSA) is 66.1 Å². The zero-order valence-electron chi connectivity index (χ0n) is 15.3. The summed E-state index contributed by atoms with van der Waals surface area (Å²) in [6.07, 6.45) is 8.70. The number of ether oxygens (including phenoxy) is 1. The molecule has 6 nitrogen and oxygen atoms in total. The number of aromatic nitrogens is 2. The Morgan fingerprint density at radius 3 is 2.85 bits per heavy atom. The van der Waals surface area contributed by atoms with Gasteiger partial charge in [-0.05, 0) is 37.1 Å². The molecule has 3 heterocycles. The molecule has 27 heavy (non-hydrogen) atoms. The Hall–Kier alpha value is -2.78. The molecule has 0 saturated heterocycles. The highest BCUT2D eigenvalue weighted by Crippen LogP contribution is 2.28. The van der Waals surface area contributed by atoms with Crippen molar-refractivity contribution in [1.82, 2.24) is 19.8 Å². The van der Waals surface area contributed by atoms with Crippen molar-refractivity contribution >= 4 is 11.0 Å². The van der Waals surface area contributed by atoms with E-state index in [0.717, 1.165) is 43.4 Å². The van der Waals surface area contributed by atoms with Crippen LogP contribution in [0.3, 0.4) is 0 Å². The quantitative estimate of drug-likeness (QED) is 0.911. The Morgan fingerprint density at radius 2 is 2.11 bits per heavy atom. The third-order valence-corrected chi connectivity index (χ3v) is 5.88. The van der Waals surface area contributed by atoms with Crippen LogP contribution in [-0.4, -0.2) is 40.1 Å². The molecule has 0 spiro atoms. The fourth-order valence-corrected chi connectivity index (χ4v) is 4.11. The molecule has 0 unspecified atom stereocenters. The van der Waals surface area contributed by atoms with E-state index < -0.39 is 0 Å². The fourth-order valence-electron chi connectivity index (χ4n) is 4.11. The standard InChI is InChI=1S/C21H23N5O/c22-13-15-4-7-21(23-14-15)27-17-5-6-19-18(12-17)24-20-8-9-25(10-11-26(19)20)16-2-1-3-16/h4-7,12,16,23H,1-3,8-11,14H2. The van der Waals surface area contributed by atoms with Crippen LogP contribution in [0.4, 0.5) is 0 Å². The predicted octanol–water partition coefficient (Wildman–Crippen LogP) is 2.72. The Kier molecular flexibility index (Phi) is 4.10. The molecule has 2 aromatic rings. The number of rotatable bonds is 3. The first-order valence-corrected chi connectivity index (χ1v) is 9.76. The smallest absolute Gasteiger partial charge is 0.193 e. The maximum absolute atomic E-state index is 8.91. The Morgan fingerprint density at radius 1 is 1.19 bits per heavy atom. The van der Waals surface area contributed by atoms with Gasteiger partial charge in [-0.15, -0.1) is 0 Å². The van der Waals surface area contributed by atoms with Gasteiger partial charge in [-0.2, -0.15) is 5.26 Å². The van der Waals surface area contributed by atoms with E-state index in [1.165, 1.54) is 30.6 Å². The first-order valence-electron chi connectivity index (χ1n) is 9.76. The summed E-state index contributed by atoms with van der Waals surface area (Å²) >= 11 is 0. The number of imidazole rings is 1. The zero-order chi connectivity index (χ0) is 18.2. The molecule has 1 aliphatic carbocycles. The molecule has 1 aromatic heterocycles. The van der Waals surface area contributed by atoms with Gasteiger partial charge in [0.25, 0.3) is 0 Å². The molecule has 2 aliphatic heterocycles. The first kappa shape index (κ1) is 16.4. The van der Waals surface area contributed by atoms with Gasteiger partial charge >= 0.3 is 0 Å². The second-order valence-electron chi connectivity index (χ2n) is 7.49. The van der Waals surface area contributed by atoms with Crippen molar-refractivity contribution in [1.29, 1.82) is 5.26 Å². The molecule has 1 N–H and O–H groups in total. The van der Waals surface area contributed by atoms with Crippen molar-refractivity contribution in [3.8, 4) is 11.8 Å². The number of nitriles is 1. The monoisotopic (exact) mass is 361 g/mol. The lowest BCUT2D eigenvalue weighted by Gasteiger charge is -2.36. The predicted molar refractivity (Wildman–Crippen MR) is 103 cm³/mol. The van der Waals surface area contributed by atoms with E-state index in [1.54, 1.807) is 12.2 Å². The highest BCUT2D eigenvalue weighted by Gasteiger charge is 2.27. The van der Waals surface area contributed by atoms with Crippen molar-refractivity contribution in [2.45, 2.75) is 38.3 Å². The maximum atomic E-state index is 8.91. The average Bonchev–Trinajstić information content (AvgIpc) is 2.87. The fraction of sp³-hybridized carbons (Fsp3) is 0.429. The number of hydrogen-bond donors (Lipinski definition) is 1. The molecule has 1 saturated carbocycles. The molecule has 0 radical (unpaired) electrons. The van der Waals surface area contributed by atoms with E-state index in [4.69, 9.17) is 15.0 Å². The van der Waals surface area contributed by atoms with E-state index in [2.05, 4.69) is 26.9 Å². The van der Waals surface area contributed by atoms with Gasteiger partial charge < -0.3 is 14.6 Å². The van der Waals surface area contributed by atoms with E-state index >= 15 is 0 Å². The van der Waals surface area contributed by atoms with Crippen molar-refractivity contribution in [3.63, 3.8) is 0 Å². The molecule has 138 valence electrons. The number of nitrogens with zero attached hydrogens (tertiary/aromatic N) is 4. The molecule has 6 heteroatoms. The lowest BCUT2D eigenvalue weighted by molar-refractivity contribution is 0.130. The Labute approximate surface area is 158 Å². The summed E-state index contributed by atoms with van der Waals surface area (Å²) in [5.41, 5.74) is 2.88. The summed E-state index contributed by atoms with van der Waals surface area (Å²) in [6, 6.07) is 9.06. The normalized spacial score (nSPS) is 20.6. The third-order valence-electron chi connectivity index (χ3n) is 5.88. The van der Waals surface area contributed by atoms with Gasteiger partial charge in [-0.1, -0.05) is 6.42 Å². The number of hydrogen-bond acceptors (Lipinski definition) is 5. The summed E-state index contributed by atoms with van der Waals surface area (Å²) in [4.78, 5) is 7.54. The van der Waals surface area contributed by atoms with Crippen LogP contribution >= 0.6 is 0 Å². The molecular formula is C21H23N5O. The molecule has 0 atom stereocenters. The second kappa shape index (κ2) is 6.75. The minimum atomic E-state index is 0.501. The summed E-state index contributed by atoms with van der Waals surface area (Å²) in [5, 5.41) is 12.0. The van der Waals surface area contributed by atoms with Gasteiger partial charge in [-0.25, -0.2) is 4.98 Å². The summed E-state index contributed by atoms with van der Waals surface area (Å²) < 4.78 is 8.29. The molecule has 0 bridgehead atoms. The number of dihydropyridines is 1. The molecule has 1 aromatic carbocycles. The van der Waals surface area contributed by atoms with E-state index in [9.17, 15) is 0 Å². The molecule has 5 rings (SSSR count). The van der Waals surface area contributed by atoms with Gasteiger partial charge in [0.05, 0.1) is 23.6 Å². The van der Waals surface area contributed by atoms with Gasteiger partial charge in [0.15, 0.2) is 5.88 Å². The van der Waals surface area contributed by atoms with Crippen LogP contribution in [-0.2, 0) is 13.0 Å². The largest absolute Gasteiger partial charge is 0.441 e. The molecule has 1 fully saturated rings. The Bertz CT molecular complexity index is 976. The van der Waals surface area contributed by atoms with Crippen LogP contribution in [0.15, 0.2) is 41.8 Å². The average molecular weight is 361 g/mol. The Balaban J connectivity index is 1.35. The zero-order valence-corrected chi connectivity index (χ0v) is 15.3. The number of nitrogens with one attached hydrogen (secondary N) is 1. The van der Waals surface area contributed by atoms with E-state index in [-0.39, 0.29) is 0 Å². The minimum absolute atomic E-state index is 0.501. The highest BCUT2D eigenvalue weighted by atomic mass is 16.5. The van der Waals surface area contributed by atoms with Crippen LogP contribution in [0.25, 0.3) is 11.0 Å². The van der Waals surface area contributed by atoms with Crippen molar-refractivity contribution in [3.05, 3.63) is 47.6 Å². The van der Waals surface area contributed by atoms with Crippen LogP contribution < -0.4 is 10.1 Å². The van der Waals surface area contributed by atoms with Gasteiger partial charge in [0.2, 0.25) is 0 Å². The van der Waals surface area contributed by atoms with Crippen LogP contribution in [0.5, 0.6) is 5.75 Å². The minimum Gasteiger partial charge on any atom is -0.441 e. The molecular weight excluding hydrogens is 338 g/mol. The van der Waals surface area contributed by atoms with E-state index in [1.807, 2.05) is 12.1 Å². The van der Waals surface area contributed by atoms with Gasteiger partial charge in [0.1, 0.15) is 11.6 Å². The van der Waals surface area contributed by atoms with Crippen LogP contribution in [0.1, 0.15) is 25.1 Å². The molecule has 0 amide bonds. The van der Waals surface area contributed by atoms with Crippen molar-refractivity contribution in [2.24, 2.45) is 0 Å². The number of benzene rings is 1. The third kappa shape index (κ3) is 3.08. The van der Waals surface area contributed by atoms with Crippen molar-refractivity contribution < 1.29 is 4.74 Å². The molecule has 3 aliphatic rings. The lowest BCUT2D eigenvalue weighted by Crippen LogP contribution is -2.41. The van der Waals surface area contributed by atoms with E-state index in [0.29, 0.717) is 18.0 Å². The first-order chi connectivity index (χ1) is 13.3. The van der Waals surface area contributed by atoms with Gasteiger partial charge in [0, 0.05) is 43.7 Å². The highest BCUT2D eigenvalue weighted by molar-refractivity contribution is 5.78. The number of fused-ring (bicyclic) bond motifs is 3.